The Kier molecular flexibility index (Phi) is 16.3. The van der Waals surface area contributed by atoms with E-state index in [4.69, 9.17) is 12.8 Å². The summed E-state index contributed by atoms with van der Waals surface area (Å²) in [4.78, 5) is 57.1. The zero-order valence-electron chi connectivity index (χ0n) is 38.8. The van der Waals surface area contributed by atoms with Crippen LogP contribution in [0.3, 0.4) is 0 Å². The molecule has 5 aromatic carbocycles. The number of hydrogen-bond donors (Lipinski definition) is 0. The van der Waals surface area contributed by atoms with E-state index in [1.807, 2.05) is 72.8 Å². The second kappa shape index (κ2) is 23.3. The van der Waals surface area contributed by atoms with Crippen LogP contribution >= 0.6 is 0 Å². The van der Waals surface area contributed by atoms with Crippen molar-refractivity contribution in [2.45, 2.75) is 90.9 Å². The summed E-state index contributed by atoms with van der Waals surface area (Å²) >= 11 is 0. The highest BCUT2D eigenvalue weighted by molar-refractivity contribution is 6.22. The number of carbonyl (C=O) groups is 4. The zero-order valence-corrected chi connectivity index (χ0v) is 38.8. The molecule has 2 heterocycles. The summed E-state index contributed by atoms with van der Waals surface area (Å²) < 4.78 is 0. The monoisotopic (exact) mass is 888 g/mol. The van der Waals surface area contributed by atoms with Crippen molar-refractivity contribution in [1.29, 1.82) is 0 Å². The van der Waals surface area contributed by atoms with Gasteiger partial charge in [-0.15, -0.1) is 12.8 Å². The van der Waals surface area contributed by atoms with E-state index in [2.05, 4.69) is 73.1 Å². The van der Waals surface area contributed by atoms with Crippen molar-refractivity contribution in [2.75, 3.05) is 13.1 Å². The molecule has 0 fully saturated rings. The SMILES string of the molecule is C#Cc1ccc(C#Cc2cc3c(cc2C#Cc2ccc(C#Cc4cc5c(cc4C#Cc4ccc(C#C)cc4)C(=O)N(CCCCCCCC)C5=O)cc2)C(=O)N(CCCCCCCC)C3=O)cc1. The fourth-order valence-electron chi connectivity index (χ4n) is 8.09. The molecular weight excluding hydrogens is 837 g/mol. The van der Waals surface area contributed by atoms with Gasteiger partial charge < -0.3 is 0 Å². The molecule has 0 saturated carbocycles. The van der Waals surface area contributed by atoms with E-state index in [9.17, 15) is 19.2 Å². The smallest absolute Gasteiger partial charge is 0.261 e. The number of fused-ring (bicyclic) bond motifs is 2. The molecule has 334 valence electrons. The number of carbonyl (C=O) groups excluding carboxylic acids is 4. The zero-order chi connectivity index (χ0) is 47.8. The first-order chi connectivity index (χ1) is 33.2. The minimum Gasteiger partial charge on any atom is -0.274 e. The Balaban J connectivity index is 1.15. The van der Waals surface area contributed by atoms with E-state index in [0.717, 1.165) is 86.5 Å². The summed E-state index contributed by atoms with van der Waals surface area (Å²) in [6, 6.07) is 28.8. The number of nitrogens with zero attached hydrogens (tertiary/aromatic N) is 2. The first-order valence-corrected chi connectivity index (χ1v) is 23.6. The average Bonchev–Trinajstić information content (AvgIpc) is 3.74. The van der Waals surface area contributed by atoms with Crippen LogP contribution in [0.25, 0.3) is 0 Å². The molecule has 0 aliphatic carbocycles. The van der Waals surface area contributed by atoms with E-state index in [0.29, 0.717) is 68.7 Å². The van der Waals surface area contributed by atoms with Gasteiger partial charge in [0.1, 0.15) is 0 Å². The molecule has 0 saturated heterocycles. The first kappa shape index (κ1) is 47.7. The molecule has 6 heteroatoms. The van der Waals surface area contributed by atoms with Crippen molar-refractivity contribution in [3.05, 3.63) is 175 Å². The fourth-order valence-corrected chi connectivity index (χ4v) is 8.09. The number of benzene rings is 5. The lowest BCUT2D eigenvalue weighted by Gasteiger charge is -2.13. The summed E-state index contributed by atoms with van der Waals surface area (Å²) in [7, 11) is 0. The Hall–Kier alpha value is -8.26. The highest BCUT2D eigenvalue weighted by atomic mass is 16.2. The second-order valence-corrected chi connectivity index (χ2v) is 17.0. The minimum absolute atomic E-state index is 0.309. The molecule has 0 N–H and O–H groups in total. The fraction of sp³-hybridized carbons (Fsp3) is 0.258. The Morgan fingerprint density at radius 1 is 0.338 bits per heavy atom. The maximum Gasteiger partial charge on any atom is 0.261 e. The normalized spacial score (nSPS) is 12.1. The summed E-state index contributed by atoms with van der Waals surface area (Å²) in [6.45, 7) is 5.09. The van der Waals surface area contributed by atoms with Crippen molar-refractivity contribution in [1.82, 2.24) is 9.80 Å². The third-order valence-corrected chi connectivity index (χ3v) is 12.0. The number of amides is 4. The van der Waals surface area contributed by atoms with Gasteiger partial charge in [-0.2, -0.15) is 0 Å². The molecule has 5 aromatic rings. The number of hydrogen-bond acceptors (Lipinski definition) is 4. The molecule has 0 unspecified atom stereocenters. The van der Waals surface area contributed by atoms with E-state index < -0.39 is 0 Å². The molecule has 0 spiro atoms. The lowest BCUT2D eigenvalue weighted by atomic mass is 9.99. The topological polar surface area (TPSA) is 74.8 Å². The van der Waals surface area contributed by atoms with Gasteiger partial charge in [-0.25, -0.2) is 0 Å². The van der Waals surface area contributed by atoms with Crippen molar-refractivity contribution in [3.63, 3.8) is 0 Å². The number of unbranched alkanes of at least 4 members (excludes halogenated alkanes) is 10. The van der Waals surface area contributed by atoms with Crippen LogP contribution in [0.2, 0.25) is 0 Å². The summed E-state index contributed by atoms with van der Waals surface area (Å²) in [6.07, 6.45) is 23.6. The number of terminal acetylenes is 2. The predicted octanol–water partition coefficient (Wildman–Crippen LogP) is 11.2. The molecule has 68 heavy (non-hydrogen) atoms. The van der Waals surface area contributed by atoms with Gasteiger partial charge in [-0.1, -0.05) is 137 Å². The molecule has 6 nitrogen and oxygen atoms in total. The van der Waals surface area contributed by atoms with Crippen LogP contribution < -0.4 is 0 Å². The predicted molar refractivity (Wildman–Crippen MR) is 269 cm³/mol. The van der Waals surface area contributed by atoms with Crippen LogP contribution in [0.5, 0.6) is 0 Å². The first-order valence-electron chi connectivity index (χ1n) is 23.6. The highest BCUT2D eigenvalue weighted by Gasteiger charge is 2.37. The number of imide groups is 2. The molecule has 2 aliphatic heterocycles. The van der Waals surface area contributed by atoms with Crippen LogP contribution in [0.1, 0.15) is 188 Å². The maximum atomic E-state index is 13.6. The molecule has 0 aromatic heterocycles. The van der Waals surface area contributed by atoms with E-state index in [1.54, 1.807) is 24.3 Å². The van der Waals surface area contributed by atoms with Gasteiger partial charge in [0.25, 0.3) is 23.6 Å². The Labute approximate surface area is 401 Å². The van der Waals surface area contributed by atoms with Crippen LogP contribution in [0, 0.1) is 72.1 Å². The van der Waals surface area contributed by atoms with Gasteiger partial charge in [0.2, 0.25) is 0 Å². The standard InChI is InChI=1S/C62H52N2O4/c1-5-9-11-13-15-17-39-63-59(65)55-41-51(35-31-47-23-19-45(7-3)20-24-47)53(43-57(55)61(63)67)37-33-49-27-29-50(30-28-49)34-38-54-44-58-56(42-52(54)36-32-48-25-21-46(8-4)22-26-48)60(66)64(62(58)68)40-18-16-14-12-10-6-2/h3-4,19-30,41-44H,5-6,9-18,39-40H2,1-2H3. The van der Waals surface area contributed by atoms with Crippen LogP contribution in [0.15, 0.2) is 97.1 Å². The van der Waals surface area contributed by atoms with Crippen LogP contribution in [-0.2, 0) is 0 Å². The van der Waals surface area contributed by atoms with Crippen molar-refractivity contribution < 1.29 is 19.2 Å². The van der Waals surface area contributed by atoms with E-state index in [-0.39, 0.29) is 23.6 Å². The van der Waals surface area contributed by atoms with Gasteiger partial charge in [-0.05, 0) is 110 Å². The lowest BCUT2D eigenvalue weighted by molar-refractivity contribution is 0.0636. The van der Waals surface area contributed by atoms with Gasteiger partial charge in [0, 0.05) is 68.7 Å². The largest absolute Gasteiger partial charge is 0.274 e. The third kappa shape index (κ3) is 11.8. The molecule has 7 rings (SSSR count). The van der Waals surface area contributed by atoms with Gasteiger partial charge in [0.15, 0.2) is 0 Å². The Bertz CT molecular complexity index is 2880. The second-order valence-electron chi connectivity index (χ2n) is 17.0. The van der Waals surface area contributed by atoms with Crippen LogP contribution in [0.4, 0.5) is 0 Å². The van der Waals surface area contributed by atoms with Crippen LogP contribution in [-0.4, -0.2) is 46.5 Å². The van der Waals surface area contributed by atoms with E-state index in [1.165, 1.54) is 22.6 Å². The highest BCUT2D eigenvalue weighted by Crippen LogP contribution is 2.29. The lowest BCUT2D eigenvalue weighted by Crippen LogP contribution is -2.30. The molecular formula is C62H52N2O4. The Morgan fingerprint density at radius 2 is 0.574 bits per heavy atom. The molecule has 0 bridgehead atoms. The van der Waals surface area contributed by atoms with Crippen molar-refractivity contribution >= 4 is 23.6 Å². The molecule has 0 atom stereocenters. The third-order valence-electron chi connectivity index (χ3n) is 12.0. The molecule has 4 amide bonds. The summed E-state index contributed by atoms with van der Waals surface area (Å²) in [5.41, 5.74) is 7.80. The number of rotatable bonds is 14. The van der Waals surface area contributed by atoms with Crippen molar-refractivity contribution in [3.8, 4) is 72.1 Å². The van der Waals surface area contributed by atoms with Crippen molar-refractivity contribution in [2.24, 2.45) is 0 Å². The van der Waals surface area contributed by atoms with Gasteiger partial charge in [0.05, 0.1) is 22.3 Å². The summed E-state index contributed by atoms with van der Waals surface area (Å²) in [5, 5.41) is 0. The maximum absolute atomic E-state index is 13.6. The molecule has 2 aliphatic rings. The summed E-state index contributed by atoms with van der Waals surface area (Å²) in [5.74, 6) is 29.6. The molecule has 0 radical (unpaired) electrons. The van der Waals surface area contributed by atoms with Gasteiger partial charge >= 0.3 is 0 Å². The average molecular weight is 889 g/mol. The minimum atomic E-state index is -0.313. The Morgan fingerprint density at radius 3 is 0.824 bits per heavy atom. The van der Waals surface area contributed by atoms with Gasteiger partial charge in [-0.3, -0.25) is 29.0 Å². The van der Waals surface area contributed by atoms with E-state index >= 15 is 0 Å². The quantitative estimate of drug-likeness (QED) is 0.0632.